The summed E-state index contributed by atoms with van der Waals surface area (Å²) in [5.41, 5.74) is 1.65. The third-order valence-corrected chi connectivity index (χ3v) is 4.58. The number of benzene rings is 1. The van der Waals surface area contributed by atoms with Gasteiger partial charge < -0.3 is 19.2 Å². The minimum atomic E-state index is -0.368. The number of methoxy groups -OCH3 is 1. The van der Waals surface area contributed by atoms with Crippen LogP contribution in [0, 0.1) is 10.6 Å². The van der Waals surface area contributed by atoms with E-state index in [4.69, 9.17) is 17.0 Å². The number of likely N-dealkylation sites (N-methyl/N-ethyl adjacent to an activating group) is 1. The Balaban J connectivity index is 2.09. The van der Waals surface area contributed by atoms with Crippen molar-refractivity contribution in [2.75, 3.05) is 26.7 Å². The number of fused-ring (bicyclic) bond motifs is 1. The molecule has 0 spiro atoms. The number of ether oxygens (including phenoxy) is 1. The van der Waals surface area contributed by atoms with Gasteiger partial charge in [0.2, 0.25) is 0 Å². The molecule has 1 unspecified atom stereocenters. The number of aromatic amines is 1. The fourth-order valence-electron chi connectivity index (χ4n) is 3.17. The second-order valence-corrected chi connectivity index (χ2v) is 5.88. The second kappa shape index (κ2) is 5.77. The van der Waals surface area contributed by atoms with E-state index in [1.165, 1.54) is 13.2 Å². The van der Waals surface area contributed by atoms with Gasteiger partial charge in [-0.05, 0) is 38.1 Å². The van der Waals surface area contributed by atoms with Crippen LogP contribution in [0.5, 0.6) is 5.75 Å². The van der Waals surface area contributed by atoms with Gasteiger partial charge in [-0.15, -0.1) is 0 Å². The number of imidazole rings is 1. The van der Waals surface area contributed by atoms with E-state index in [-0.39, 0.29) is 11.6 Å². The standard InChI is InChI=1S/C15H20FN3OS/c1-3-18-6-4-5-10(9-18)19-13-8-14(20-2)11(16)7-12(13)17-15(19)21/h7-8,10H,3-6,9H2,1-2H3,(H,17,21). The molecule has 2 heterocycles. The van der Waals surface area contributed by atoms with Gasteiger partial charge in [-0.3, -0.25) is 0 Å². The number of hydrogen-bond donors (Lipinski definition) is 1. The lowest BCUT2D eigenvalue weighted by Crippen LogP contribution is -2.36. The molecule has 1 N–H and O–H groups in total. The first-order valence-corrected chi connectivity index (χ1v) is 7.75. The van der Waals surface area contributed by atoms with E-state index >= 15 is 0 Å². The van der Waals surface area contributed by atoms with Gasteiger partial charge in [-0.1, -0.05) is 6.92 Å². The highest BCUT2D eigenvalue weighted by atomic mass is 32.1. The van der Waals surface area contributed by atoms with Gasteiger partial charge >= 0.3 is 0 Å². The van der Waals surface area contributed by atoms with Gasteiger partial charge in [0.15, 0.2) is 16.3 Å². The molecule has 3 rings (SSSR count). The van der Waals surface area contributed by atoms with E-state index in [0.29, 0.717) is 10.8 Å². The molecule has 6 heteroatoms. The van der Waals surface area contributed by atoms with E-state index in [2.05, 4.69) is 21.4 Å². The van der Waals surface area contributed by atoms with Crippen molar-refractivity contribution in [1.82, 2.24) is 14.5 Å². The molecule has 2 aromatic rings. The molecule has 1 aliphatic rings. The Morgan fingerprint density at radius 1 is 1.48 bits per heavy atom. The number of nitrogens with zero attached hydrogens (tertiary/aromatic N) is 2. The Morgan fingerprint density at radius 3 is 3.00 bits per heavy atom. The number of halogens is 1. The van der Waals surface area contributed by atoms with E-state index in [0.717, 1.165) is 43.5 Å². The molecule has 21 heavy (non-hydrogen) atoms. The van der Waals surface area contributed by atoms with Crippen molar-refractivity contribution in [3.8, 4) is 5.75 Å². The minimum absolute atomic E-state index is 0.258. The molecule has 0 radical (unpaired) electrons. The van der Waals surface area contributed by atoms with Crippen LogP contribution >= 0.6 is 12.2 Å². The van der Waals surface area contributed by atoms with Crippen molar-refractivity contribution in [2.45, 2.75) is 25.8 Å². The fraction of sp³-hybridized carbons (Fsp3) is 0.533. The Labute approximate surface area is 128 Å². The molecule has 1 aliphatic heterocycles. The van der Waals surface area contributed by atoms with Crippen LogP contribution in [0.1, 0.15) is 25.8 Å². The molecule has 0 bridgehead atoms. The smallest absolute Gasteiger partial charge is 0.178 e. The van der Waals surface area contributed by atoms with Gasteiger partial charge in [-0.25, -0.2) is 4.39 Å². The van der Waals surface area contributed by atoms with Crippen molar-refractivity contribution < 1.29 is 9.13 Å². The number of rotatable bonds is 3. The SMILES string of the molecule is CCN1CCCC(n2c(=S)[nH]c3cc(F)c(OC)cc32)C1. The van der Waals surface area contributed by atoms with E-state index in [1.54, 1.807) is 6.07 Å². The van der Waals surface area contributed by atoms with Gasteiger partial charge in [-0.2, -0.15) is 0 Å². The Morgan fingerprint density at radius 2 is 2.29 bits per heavy atom. The number of H-pyrrole nitrogens is 1. The van der Waals surface area contributed by atoms with Crippen LogP contribution in [0.25, 0.3) is 11.0 Å². The molecule has 0 saturated carbocycles. The van der Waals surface area contributed by atoms with Crippen molar-refractivity contribution in [2.24, 2.45) is 0 Å². The van der Waals surface area contributed by atoms with Crippen molar-refractivity contribution in [3.63, 3.8) is 0 Å². The predicted octanol–water partition coefficient (Wildman–Crippen LogP) is 3.50. The highest BCUT2D eigenvalue weighted by Crippen LogP contribution is 2.30. The lowest BCUT2D eigenvalue weighted by atomic mass is 10.1. The third kappa shape index (κ3) is 2.58. The first-order valence-electron chi connectivity index (χ1n) is 7.34. The zero-order chi connectivity index (χ0) is 15.0. The average Bonchev–Trinajstić information content (AvgIpc) is 2.81. The van der Waals surface area contributed by atoms with E-state index in [1.807, 2.05) is 0 Å². The quantitative estimate of drug-likeness (QED) is 0.881. The van der Waals surface area contributed by atoms with Gasteiger partial charge in [0.1, 0.15) is 0 Å². The average molecular weight is 309 g/mol. The van der Waals surface area contributed by atoms with Crippen LogP contribution in [0.4, 0.5) is 4.39 Å². The molecule has 1 aromatic carbocycles. The molecule has 0 amide bonds. The molecule has 1 atom stereocenters. The Kier molecular flexibility index (Phi) is 3.99. The Bertz CT molecular complexity index is 709. The summed E-state index contributed by atoms with van der Waals surface area (Å²) in [6.07, 6.45) is 2.25. The van der Waals surface area contributed by atoms with Crippen LogP contribution in [0.15, 0.2) is 12.1 Å². The minimum Gasteiger partial charge on any atom is -0.494 e. The van der Waals surface area contributed by atoms with Crippen LogP contribution in [-0.4, -0.2) is 41.2 Å². The first kappa shape index (κ1) is 14.5. The van der Waals surface area contributed by atoms with Crippen molar-refractivity contribution >= 4 is 23.3 Å². The van der Waals surface area contributed by atoms with Gasteiger partial charge in [0.25, 0.3) is 0 Å². The second-order valence-electron chi connectivity index (χ2n) is 5.49. The lowest BCUT2D eigenvalue weighted by molar-refractivity contribution is 0.186. The van der Waals surface area contributed by atoms with E-state index in [9.17, 15) is 4.39 Å². The summed E-state index contributed by atoms with van der Waals surface area (Å²) in [4.78, 5) is 5.54. The van der Waals surface area contributed by atoms with Crippen LogP contribution in [0.2, 0.25) is 0 Å². The molecule has 1 saturated heterocycles. The summed E-state index contributed by atoms with van der Waals surface area (Å²) >= 11 is 5.46. The largest absolute Gasteiger partial charge is 0.494 e. The normalized spacial score (nSPS) is 20.0. The first-order chi connectivity index (χ1) is 10.1. The summed E-state index contributed by atoms with van der Waals surface area (Å²) in [6.45, 7) is 5.34. The van der Waals surface area contributed by atoms with E-state index < -0.39 is 0 Å². The summed E-state index contributed by atoms with van der Waals surface area (Å²) in [7, 11) is 1.48. The maximum absolute atomic E-state index is 13.8. The number of nitrogens with one attached hydrogen (secondary N) is 1. The molecule has 4 nitrogen and oxygen atoms in total. The summed E-state index contributed by atoms with van der Waals surface area (Å²) in [5.74, 6) is -0.111. The number of hydrogen-bond acceptors (Lipinski definition) is 3. The lowest BCUT2D eigenvalue weighted by Gasteiger charge is -2.32. The summed E-state index contributed by atoms with van der Waals surface area (Å²) < 4.78 is 21.7. The Hall–Kier alpha value is -1.40. The third-order valence-electron chi connectivity index (χ3n) is 4.28. The zero-order valence-electron chi connectivity index (χ0n) is 12.4. The molecule has 0 aliphatic carbocycles. The van der Waals surface area contributed by atoms with Gasteiger partial charge in [0.05, 0.1) is 18.1 Å². The highest BCUT2D eigenvalue weighted by Gasteiger charge is 2.23. The number of likely N-dealkylation sites (tertiary alicyclic amines) is 1. The molecule has 114 valence electrons. The monoisotopic (exact) mass is 309 g/mol. The van der Waals surface area contributed by atoms with Crippen LogP contribution in [-0.2, 0) is 0 Å². The number of aromatic nitrogens is 2. The molecular formula is C15H20FN3OS. The van der Waals surface area contributed by atoms with Crippen LogP contribution < -0.4 is 4.74 Å². The maximum atomic E-state index is 13.8. The zero-order valence-corrected chi connectivity index (χ0v) is 13.2. The highest BCUT2D eigenvalue weighted by molar-refractivity contribution is 7.71. The fourth-order valence-corrected chi connectivity index (χ4v) is 3.53. The van der Waals surface area contributed by atoms with Gasteiger partial charge in [0, 0.05) is 24.7 Å². The maximum Gasteiger partial charge on any atom is 0.178 e. The molecular weight excluding hydrogens is 289 g/mol. The topological polar surface area (TPSA) is 33.2 Å². The predicted molar refractivity (Wildman–Crippen MR) is 84.0 cm³/mol. The van der Waals surface area contributed by atoms with Crippen molar-refractivity contribution in [1.29, 1.82) is 0 Å². The van der Waals surface area contributed by atoms with Crippen LogP contribution in [0.3, 0.4) is 0 Å². The summed E-state index contributed by atoms with van der Waals surface area (Å²) in [5, 5.41) is 0. The molecule has 1 aromatic heterocycles. The van der Waals surface area contributed by atoms with Crippen molar-refractivity contribution in [3.05, 3.63) is 22.7 Å². The molecule has 1 fully saturated rings. The number of piperidine rings is 1. The summed E-state index contributed by atoms with van der Waals surface area (Å²) in [6, 6.07) is 3.53.